The van der Waals surface area contributed by atoms with E-state index in [1.807, 2.05) is 49.4 Å². The van der Waals surface area contributed by atoms with Crippen LogP contribution in [0.1, 0.15) is 16.3 Å². The molecule has 0 N–H and O–H groups in total. The zero-order chi connectivity index (χ0) is 15.8. The topological polar surface area (TPSA) is 56.2 Å². The fourth-order valence-electron chi connectivity index (χ4n) is 2.26. The van der Waals surface area contributed by atoms with Crippen molar-refractivity contribution in [3.8, 4) is 11.4 Å². The summed E-state index contributed by atoms with van der Waals surface area (Å²) in [6.45, 7) is 1.89. The van der Waals surface area contributed by atoms with Crippen molar-refractivity contribution in [1.29, 1.82) is 0 Å². The molecule has 0 radical (unpaired) electrons. The Kier molecular flexibility index (Phi) is 3.48. The van der Waals surface area contributed by atoms with E-state index in [0.29, 0.717) is 10.8 Å². The second kappa shape index (κ2) is 5.64. The van der Waals surface area contributed by atoms with Crippen molar-refractivity contribution < 1.29 is 4.42 Å². The van der Waals surface area contributed by atoms with Crippen LogP contribution in [0.25, 0.3) is 28.5 Å². The van der Waals surface area contributed by atoms with Crippen LogP contribution in [0.5, 0.6) is 0 Å². The van der Waals surface area contributed by atoms with Crippen LogP contribution in [0, 0.1) is 6.92 Å². The van der Waals surface area contributed by atoms with E-state index in [1.54, 1.807) is 10.8 Å². The predicted octanol–water partition coefficient (Wildman–Crippen LogP) is 4.58. The Hall–Kier alpha value is -2.44. The number of fused-ring (bicyclic) bond motifs is 1. The first-order chi connectivity index (χ1) is 11.2. The predicted molar refractivity (Wildman–Crippen MR) is 91.5 cm³/mol. The average Bonchev–Trinajstić information content (AvgIpc) is 3.21. The standard InChI is InChI=1S/C16H11ClN4OS/c1-10-13(7-8-22-10)15-18-19-16-21(15)20-14(23-16)6-5-11-3-2-4-12(17)9-11/h2-9H,1H3/b6-5+. The molecule has 0 unspecified atom stereocenters. The zero-order valence-corrected chi connectivity index (χ0v) is 13.7. The van der Waals surface area contributed by atoms with E-state index in [9.17, 15) is 0 Å². The highest BCUT2D eigenvalue weighted by Gasteiger charge is 2.15. The highest BCUT2D eigenvalue weighted by Crippen LogP contribution is 2.25. The van der Waals surface area contributed by atoms with Crippen LogP contribution in [0.3, 0.4) is 0 Å². The third-order valence-corrected chi connectivity index (χ3v) is 4.47. The van der Waals surface area contributed by atoms with Crippen LogP contribution in [0.2, 0.25) is 5.02 Å². The van der Waals surface area contributed by atoms with Crippen LogP contribution >= 0.6 is 22.9 Å². The molecule has 4 aromatic rings. The molecule has 0 saturated heterocycles. The van der Waals surface area contributed by atoms with Gasteiger partial charge in [-0.25, -0.2) is 0 Å². The quantitative estimate of drug-likeness (QED) is 0.547. The first kappa shape index (κ1) is 14.2. The molecule has 114 valence electrons. The van der Waals surface area contributed by atoms with Gasteiger partial charge in [-0.3, -0.25) is 0 Å². The Morgan fingerprint density at radius 2 is 2.13 bits per heavy atom. The molecule has 7 heteroatoms. The number of aromatic nitrogens is 4. The Labute approximate surface area is 140 Å². The number of benzene rings is 1. The number of nitrogens with zero attached hydrogens (tertiary/aromatic N) is 4. The second-order valence-electron chi connectivity index (χ2n) is 4.94. The van der Waals surface area contributed by atoms with Gasteiger partial charge in [-0.2, -0.15) is 9.61 Å². The van der Waals surface area contributed by atoms with Gasteiger partial charge in [0.05, 0.1) is 11.8 Å². The molecule has 0 spiro atoms. The minimum atomic E-state index is 0.685. The van der Waals surface area contributed by atoms with Crippen molar-refractivity contribution in [2.24, 2.45) is 0 Å². The molecule has 1 aromatic carbocycles. The number of hydrogen-bond acceptors (Lipinski definition) is 5. The molecule has 4 rings (SSSR count). The second-order valence-corrected chi connectivity index (χ2v) is 6.36. The summed E-state index contributed by atoms with van der Waals surface area (Å²) in [6, 6.07) is 9.52. The summed E-state index contributed by atoms with van der Waals surface area (Å²) in [6.07, 6.45) is 5.55. The van der Waals surface area contributed by atoms with Crippen LogP contribution in [-0.4, -0.2) is 19.8 Å². The summed E-state index contributed by atoms with van der Waals surface area (Å²) < 4.78 is 7.06. The van der Waals surface area contributed by atoms with Crippen molar-refractivity contribution in [2.75, 3.05) is 0 Å². The summed E-state index contributed by atoms with van der Waals surface area (Å²) in [7, 11) is 0. The molecule has 0 aliphatic rings. The monoisotopic (exact) mass is 342 g/mol. The molecule has 0 saturated carbocycles. The van der Waals surface area contributed by atoms with Gasteiger partial charge in [-0.15, -0.1) is 10.2 Å². The molecule has 0 aliphatic carbocycles. The van der Waals surface area contributed by atoms with E-state index >= 15 is 0 Å². The third-order valence-electron chi connectivity index (χ3n) is 3.37. The molecule has 3 heterocycles. The molecule has 0 atom stereocenters. The van der Waals surface area contributed by atoms with E-state index in [4.69, 9.17) is 16.0 Å². The summed E-state index contributed by atoms with van der Waals surface area (Å²) in [5.41, 5.74) is 1.92. The van der Waals surface area contributed by atoms with Gasteiger partial charge in [0.25, 0.3) is 0 Å². The van der Waals surface area contributed by atoms with Gasteiger partial charge in [0.2, 0.25) is 4.96 Å². The van der Waals surface area contributed by atoms with E-state index in [1.165, 1.54) is 11.3 Å². The van der Waals surface area contributed by atoms with Crippen molar-refractivity contribution in [2.45, 2.75) is 6.92 Å². The molecule has 3 aromatic heterocycles. The molecule has 0 aliphatic heterocycles. The molecule has 0 fully saturated rings. The Bertz CT molecular complexity index is 1010. The van der Waals surface area contributed by atoms with Crippen LogP contribution in [-0.2, 0) is 0 Å². The Morgan fingerprint density at radius 1 is 1.22 bits per heavy atom. The van der Waals surface area contributed by atoms with Gasteiger partial charge in [0.1, 0.15) is 10.8 Å². The Morgan fingerprint density at radius 3 is 2.91 bits per heavy atom. The van der Waals surface area contributed by atoms with Crippen LogP contribution in [0.4, 0.5) is 0 Å². The van der Waals surface area contributed by atoms with E-state index < -0.39 is 0 Å². The minimum absolute atomic E-state index is 0.685. The third kappa shape index (κ3) is 2.67. The SMILES string of the molecule is Cc1occc1-c1nnc2sc(/C=C/c3cccc(Cl)c3)nn12. The fraction of sp³-hybridized carbons (Fsp3) is 0.0625. The summed E-state index contributed by atoms with van der Waals surface area (Å²) in [5.74, 6) is 1.48. The summed E-state index contributed by atoms with van der Waals surface area (Å²) in [4.78, 5) is 0.742. The number of furan rings is 1. The van der Waals surface area contributed by atoms with Crippen LogP contribution < -0.4 is 0 Å². The first-order valence-electron chi connectivity index (χ1n) is 6.91. The number of aryl methyl sites for hydroxylation is 1. The number of hydrogen-bond donors (Lipinski definition) is 0. The van der Waals surface area contributed by atoms with E-state index in [0.717, 1.165) is 26.9 Å². The van der Waals surface area contributed by atoms with Crippen LogP contribution in [0.15, 0.2) is 41.0 Å². The first-order valence-corrected chi connectivity index (χ1v) is 8.10. The maximum atomic E-state index is 5.99. The Balaban J connectivity index is 1.70. The summed E-state index contributed by atoms with van der Waals surface area (Å²) in [5, 5.41) is 14.5. The molecule has 23 heavy (non-hydrogen) atoms. The molecular weight excluding hydrogens is 332 g/mol. The smallest absolute Gasteiger partial charge is 0.235 e. The lowest BCUT2D eigenvalue weighted by molar-refractivity contribution is 0.535. The maximum absolute atomic E-state index is 5.99. The van der Waals surface area contributed by atoms with E-state index in [-0.39, 0.29) is 0 Å². The van der Waals surface area contributed by atoms with Gasteiger partial charge in [-0.1, -0.05) is 41.1 Å². The number of halogens is 1. The van der Waals surface area contributed by atoms with Crippen molar-refractivity contribution in [3.05, 3.63) is 57.9 Å². The lowest BCUT2D eigenvalue weighted by atomic mass is 10.2. The molecule has 0 amide bonds. The zero-order valence-electron chi connectivity index (χ0n) is 12.1. The highest BCUT2D eigenvalue weighted by atomic mass is 35.5. The molecule has 5 nitrogen and oxygen atoms in total. The fourth-order valence-corrected chi connectivity index (χ4v) is 3.20. The van der Waals surface area contributed by atoms with Gasteiger partial charge in [0, 0.05) is 5.02 Å². The van der Waals surface area contributed by atoms with Gasteiger partial charge >= 0.3 is 0 Å². The molecular formula is C16H11ClN4OS. The largest absolute Gasteiger partial charge is 0.469 e. The molecule has 0 bridgehead atoms. The normalized spacial score (nSPS) is 11.7. The lowest BCUT2D eigenvalue weighted by Crippen LogP contribution is -1.90. The number of rotatable bonds is 3. The van der Waals surface area contributed by atoms with Crippen molar-refractivity contribution in [3.63, 3.8) is 0 Å². The minimum Gasteiger partial charge on any atom is -0.469 e. The van der Waals surface area contributed by atoms with Gasteiger partial charge in [0.15, 0.2) is 5.82 Å². The van der Waals surface area contributed by atoms with Crippen molar-refractivity contribution in [1.82, 2.24) is 19.8 Å². The van der Waals surface area contributed by atoms with Gasteiger partial charge in [-0.05, 0) is 36.8 Å². The maximum Gasteiger partial charge on any atom is 0.235 e. The average molecular weight is 343 g/mol. The van der Waals surface area contributed by atoms with Gasteiger partial charge < -0.3 is 4.42 Å². The highest BCUT2D eigenvalue weighted by molar-refractivity contribution is 7.17. The summed E-state index contributed by atoms with van der Waals surface area (Å²) >= 11 is 7.46. The lowest BCUT2D eigenvalue weighted by Gasteiger charge is -1.93. The van der Waals surface area contributed by atoms with E-state index in [2.05, 4.69) is 15.3 Å². The van der Waals surface area contributed by atoms with Crippen molar-refractivity contribution >= 4 is 40.1 Å².